The van der Waals surface area contributed by atoms with E-state index in [-0.39, 0.29) is 10.8 Å². The lowest BCUT2D eigenvalue weighted by Gasteiger charge is -2.20. The number of aryl methyl sites for hydroxylation is 1. The van der Waals surface area contributed by atoms with Crippen LogP contribution < -0.4 is 14.4 Å². The van der Waals surface area contributed by atoms with Crippen molar-refractivity contribution >= 4 is 33.0 Å². The number of benzene rings is 2. The number of carbonyl (C=O) groups excluding carboxylic acids is 1. The summed E-state index contributed by atoms with van der Waals surface area (Å²) in [4.78, 5) is 13.1. The Morgan fingerprint density at radius 1 is 1.07 bits per heavy atom. The monoisotopic (exact) mass is 430 g/mol. The molecule has 0 aliphatic rings. The zero-order chi connectivity index (χ0) is 21.0. The minimum Gasteiger partial charge on any atom is -0.497 e. The molecule has 0 radical (unpaired) electrons. The first-order valence-corrected chi connectivity index (χ1v) is 11.2. The molecule has 0 atom stereocenters. The van der Waals surface area contributed by atoms with Crippen molar-refractivity contribution in [1.82, 2.24) is 5.32 Å². The van der Waals surface area contributed by atoms with E-state index in [9.17, 15) is 13.2 Å². The number of rotatable bonds is 7. The smallest absolute Gasteiger partial charge is 0.264 e. The quantitative estimate of drug-likeness (QED) is 0.618. The second-order valence-corrected chi connectivity index (χ2v) is 9.34. The van der Waals surface area contributed by atoms with Crippen LogP contribution in [-0.4, -0.2) is 28.5 Å². The fourth-order valence-corrected chi connectivity index (χ4v) is 4.83. The van der Waals surface area contributed by atoms with Crippen molar-refractivity contribution in [3.05, 3.63) is 76.0 Å². The fourth-order valence-electron chi connectivity index (χ4n) is 2.72. The third-order valence-corrected chi connectivity index (χ3v) is 7.17. The molecular formula is C21H22N2O4S2. The highest BCUT2D eigenvalue weighted by Crippen LogP contribution is 2.30. The van der Waals surface area contributed by atoms with Crippen molar-refractivity contribution in [2.24, 2.45) is 0 Å². The summed E-state index contributed by atoms with van der Waals surface area (Å²) in [6.07, 6.45) is 0. The highest BCUT2D eigenvalue weighted by Gasteiger charge is 2.26. The van der Waals surface area contributed by atoms with Crippen molar-refractivity contribution in [2.75, 3.05) is 18.5 Å². The summed E-state index contributed by atoms with van der Waals surface area (Å²) in [5, 5.41) is 4.56. The van der Waals surface area contributed by atoms with Crippen molar-refractivity contribution < 1.29 is 17.9 Å². The van der Waals surface area contributed by atoms with Gasteiger partial charge in [0.25, 0.3) is 15.9 Å². The predicted molar refractivity (Wildman–Crippen MR) is 115 cm³/mol. The lowest BCUT2D eigenvalue weighted by atomic mass is 10.1. The van der Waals surface area contributed by atoms with Gasteiger partial charge < -0.3 is 10.1 Å². The van der Waals surface area contributed by atoms with Gasteiger partial charge in [0.1, 0.15) is 10.6 Å². The summed E-state index contributed by atoms with van der Waals surface area (Å²) in [7, 11) is -0.851. The molecule has 0 saturated carbocycles. The maximum Gasteiger partial charge on any atom is 0.264 e. The summed E-state index contributed by atoms with van der Waals surface area (Å²) >= 11 is 1.20. The average molecular weight is 431 g/mol. The fraction of sp³-hybridized carbons (Fsp3) is 0.190. The van der Waals surface area contributed by atoms with Gasteiger partial charge in [-0.1, -0.05) is 29.8 Å². The summed E-state index contributed by atoms with van der Waals surface area (Å²) in [5.74, 6) is 0.255. The number of carbonyl (C=O) groups is 1. The average Bonchev–Trinajstić information content (AvgIpc) is 3.22. The zero-order valence-corrected chi connectivity index (χ0v) is 18.0. The minimum atomic E-state index is -3.81. The standard InChI is InChI=1S/C21H22N2O4S2/c1-15-4-6-16(7-5-15)14-22-21(24)20-19(12-13-28-20)23(2)29(25,26)18-10-8-17(27-3)9-11-18/h4-13H,14H2,1-3H3,(H,22,24). The SMILES string of the molecule is COc1ccc(S(=O)(=O)N(C)c2ccsc2C(=O)NCc2ccc(C)cc2)cc1. The van der Waals surface area contributed by atoms with E-state index in [0.29, 0.717) is 22.9 Å². The van der Waals surface area contributed by atoms with E-state index in [4.69, 9.17) is 4.74 Å². The maximum atomic E-state index is 13.0. The number of nitrogens with zero attached hydrogens (tertiary/aromatic N) is 1. The molecule has 2 aromatic carbocycles. The van der Waals surface area contributed by atoms with Gasteiger partial charge in [0.2, 0.25) is 0 Å². The van der Waals surface area contributed by atoms with Gasteiger partial charge in [-0.3, -0.25) is 9.10 Å². The van der Waals surface area contributed by atoms with E-state index >= 15 is 0 Å². The number of sulfonamides is 1. The van der Waals surface area contributed by atoms with Gasteiger partial charge in [-0.25, -0.2) is 8.42 Å². The first-order chi connectivity index (χ1) is 13.8. The number of thiophene rings is 1. The Balaban J connectivity index is 1.78. The normalized spacial score (nSPS) is 11.1. The van der Waals surface area contributed by atoms with Crippen molar-refractivity contribution in [3.8, 4) is 5.75 Å². The highest BCUT2D eigenvalue weighted by atomic mass is 32.2. The first-order valence-electron chi connectivity index (χ1n) is 8.87. The van der Waals surface area contributed by atoms with E-state index in [1.54, 1.807) is 23.6 Å². The molecule has 0 saturated heterocycles. The van der Waals surface area contributed by atoms with Crippen LogP contribution in [-0.2, 0) is 16.6 Å². The number of nitrogens with one attached hydrogen (secondary N) is 1. The van der Waals surface area contributed by atoms with Gasteiger partial charge >= 0.3 is 0 Å². The molecule has 0 aliphatic heterocycles. The Labute approximate surface area is 174 Å². The van der Waals surface area contributed by atoms with Crippen LogP contribution in [0.1, 0.15) is 20.8 Å². The number of methoxy groups -OCH3 is 1. The Bertz CT molecular complexity index is 1090. The molecule has 1 heterocycles. The molecule has 0 spiro atoms. The second-order valence-electron chi connectivity index (χ2n) is 6.45. The van der Waals surface area contributed by atoms with Crippen LogP contribution in [0.4, 0.5) is 5.69 Å². The molecule has 3 aromatic rings. The molecule has 1 aromatic heterocycles. The molecule has 0 unspecified atom stereocenters. The van der Waals surface area contributed by atoms with E-state index < -0.39 is 10.0 Å². The lowest BCUT2D eigenvalue weighted by molar-refractivity contribution is 0.0955. The molecule has 1 amide bonds. The van der Waals surface area contributed by atoms with Crippen LogP contribution in [0.3, 0.4) is 0 Å². The van der Waals surface area contributed by atoms with Crippen LogP contribution in [0, 0.1) is 6.92 Å². The summed E-state index contributed by atoms with van der Waals surface area (Å²) in [5.41, 5.74) is 2.46. The molecule has 29 heavy (non-hydrogen) atoms. The van der Waals surface area contributed by atoms with E-state index in [2.05, 4.69) is 5.32 Å². The van der Waals surface area contributed by atoms with Gasteiger partial charge in [0.15, 0.2) is 0 Å². The third-order valence-electron chi connectivity index (χ3n) is 4.48. The number of anilines is 1. The Hall–Kier alpha value is -2.84. The third kappa shape index (κ3) is 4.60. The van der Waals surface area contributed by atoms with Crippen LogP contribution in [0.15, 0.2) is 64.9 Å². The maximum absolute atomic E-state index is 13.0. The molecule has 6 nitrogen and oxygen atoms in total. The molecule has 3 rings (SSSR count). The van der Waals surface area contributed by atoms with Crippen LogP contribution in [0.5, 0.6) is 5.75 Å². The van der Waals surface area contributed by atoms with Gasteiger partial charge in [-0.05, 0) is 48.2 Å². The van der Waals surface area contributed by atoms with Crippen LogP contribution in [0.25, 0.3) is 0 Å². The van der Waals surface area contributed by atoms with Crippen molar-refractivity contribution in [1.29, 1.82) is 0 Å². The van der Waals surface area contributed by atoms with Gasteiger partial charge in [-0.15, -0.1) is 11.3 Å². The lowest BCUT2D eigenvalue weighted by Crippen LogP contribution is -2.29. The van der Waals surface area contributed by atoms with E-state index in [1.807, 2.05) is 31.2 Å². The molecule has 0 aliphatic carbocycles. The van der Waals surface area contributed by atoms with Crippen LogP contribution >= 0.6 is 11.3 Å². The molecule has 0 fully saturated rings. The predicted octanol–water partition coefficient (Wildman–Crippen LogP) is 3.82. The Morgan fingerprint density at radius 3 is 2.34 bits per heavy atom. The summed E-state index contributed by atoms with van der Waals surface area (Å²) in [6, 6.07) is 15.6. The van der Waals surface area contributed by atoms with Crippen LogP contribution in [0.2, 0.25) is 0 Å². The molecule has 1 N–H and O–H groups in total. The number of amides is 1. The van der Waals surface area contributed by atoms with Crippen molar-refractivity contribution in [3.63, 3.8) is 0 Å². The zero-order valence-electron chi connectivity index (χ0n) is 16.4. The number of hydrogen-bond donors (Lipinski definition) is 1. The van der Waals surface area contributed by atoms with E-state index in [1.165, 1.54) is 37.6 Å². The summed E-state index contributed by atoms with van der Waals surface area (Å²) < 4.78 is 32.2. The molecule has 8 heteroatoms. The van der Waals surface area contributed by atoms with Gasteiger partial charge in [0.05, 0.1) is 17.7 Å². The first kappa shape index (κ1) is 20.9. The topological polar surface area (TPSA) is 75.7 Å². The Morgan fingerprint density at radius 2 is 1.72 bits per heavy atom. The number of hydrogen-bond acceptors (Lipinski definition) is 5. The second kappa shape index (κ2) is 8.67. The molecule has 0 bridgehead atoms. The summed E-state index contributed by atoms with van der Waals surface area (Å²) in [6.45, 7) is 2.37. The minimum absolute atomic E-state index is 0.123. The Kier molecular flexibility index (Phi) is 6.24. The number of ether oxygens (including phenoxy) is 1. The van der Waals surface area contributed by atoms with Gasteiger partial charge in [-0.2, -0.15) is 0 Å². The largest absolute Gasteiger partial charge is 0.497 e. The van der Waals surface area contributed by atoms with E-state index in [0.717, 1.165) is 15.4 Å². The van der Waals surface area contributed by atoms with Crippen molar-refractivity contribution in [2.45, 2.75) is 18.4 Å². The molecular weight excluding hydrogens is 408 g/mol. The highest BCUT2D eigenvalue weighted by molar-refractivity contribution is 7.92. The molecule has 152 valence electrons. The van der Waals surface area contributed by atoms with Gasteiger partial charge in [0, 0.05) is 13.6 Å².